The fourth-order valence-corrected chi connectivity index (χ4v) is 3.21. The van der Waals surface area contributed by atoms with E-state index in [2.05, 4.69) is 38.1 Å². The average molecular weight is 356 g/mol. The summed E-state index contributed by atoms with van der Waals surface area (Å²) in [5.41, 5.74) is 6.80. The van der Waals surface area contributed by atoms with Crippen molar-refractivity contribution in [3.63, 3.8) is 0 Å². The Bertz CT molecular complexity index is 965. The Balaban J connectivity index is 2.14. The zero-order chi connectivity index (χ0) is 19.4. The number of hydrogen-bond acceptors (Lipinski definition) is 2. The highest BCUT2D eigenvalue weighted by molar-refractivity contribution is 6.03. The lowest BCUT2D eigenvalue weighted by Gasteiger charge is -2.17. The van der Waals surface area contributed by atoms with Gasteiger partial charge in [-0.1, -0.05) is 66.7 Å². The van der Waals surface area contributed by atoms with Crippen LogP contribution in [0.15, 0.2) is 78.4 Å². The van der Waals surface area contributed by atoms with E-state index in [1.165, 1.54) is 0 Å². The van der Waals surface area contributed by atoms with Gasteiger partial charge < -0.3 is 4.74 Å². The van der Waals surface area contributed by atoms with Crippen molar-refractivity contribution in [3.8, 4) is 5.75 Å². The number of hydrogen-bond donors (Lipinski definition) is 0. The molecule has 0 radical (unpaired) electrons. The van der Waals surface area contributed by atoms with Crippen LogP contribution in [0, 0.1) is 20.8 Å². The van der Waals surface area contributed by atoms with Crippen LogP contribution in [-0.4, -0.2) is 5.97 Å². The highest BCUT2D eigenvalue weighted by Crippen LogP contribution is 2.32. The molecule has 0 bridgehead atoms. The molecular weight excluding hydrogens is 332 g/mol. The Hall–Kier alpha value is -3.13. The maximum Gasteiger partial charge on any atom is 0.339 e. The minimum Gasteiger partial charge on any atom is -0.423 e. The van der Waals surface area contributed by atoms with Crippen LogP contribution in [0.2, 0.25) is 0 Å². The monoisotopic (exact) mass is 356 g/mol. The van der Waals surface area contributed by atoms with Crippen molar-refractivity contribution in [2.75, 3.05) is 0 Å². The van der Waals surface area contributed by atoms with Gasteiger partial charge in [-0.05, 0) is 67.2 Å². The first kappa shape index (κ1) is 18.7. The summed E-state index contributed by atoms with van der Waals surface area (Å²) in [5, 5.41) is 0. The third-order valence-electron chi connectivity index (χ3n) is 4.81. The van der Waals surface area contributed by atoms with Gasteiger partial charge >= 0.3 is 5.97 Å². The van der Waals surface area contributed by atoms with Gasteiger partial charge in [0.2, 0.25) is 0 Å². The standard InChI is InChI=1S/C25H24O2/c1-17-11-5-8-14-21(17)24(22-15-9-6-12-18(22)2)20(4)25(26)27-23-16-10-7-13-19(23)3/h5-16H,1-4H3. The van der Waals surface area contributed by atoms with Crippen molar-refractivity contribution in [2.45, 2.75) is 27.7 Å². The highest BCUT2D eigenvalue weighted by atomic mass is 16.5. The summed E-state index contributed by atoms with van der Waals surface area (Å²) in [5.74, 6) is 0.265. The van der Waals surface area contributed by atoms with Gasteiger partial charge in [0.15, 0.2) is 0 Å². The number of aryl methyl sites for hydroxylation is 3. The van der Waals surface area contributed by atoms with E-state index in [9.17, 15) is 4.79 Å². The Labute approximate surface area is 161 Å². The highest BCUT2D eigenvalue weighted by Gasteiger charge is 2.19. The van der Waals surface area contributed by atoms with Crippen LogP contribution in [-0.2, 0) is 4.79 Å². The SMILES string of the molecule is CC(C(=O)Oc1ccccc1C)=C(c1ccccc1C)c1ccccc1C. The number of ether oxygens (including phenoxy) is 1. The van der Waals surface area contributed by atoms with E-state index in [4.69, 9.17) is 4.74 Å². The largest absolute Gasteiger partial charge is 0.423 e. The molecule has 0 N–H and O–H groups in total. The minimum absolute atomic E-state index is 0.328. The Morgan fingerprint density at radius 2 is 1.11 bits per heavy atom. The number of benzene rings is 3. The lowest BCUT2D eigenvalue weighted by molar-refractivity contribution is -0.130. The van der Waals surface area contributed by atoms with E-state index in [1.807, 2.05) is 62.4 Å². The van der Waals surface area contributed by atoms with Crippen LogP contribution in [0.25, 0.3) is 5.57 Å². The fourth-order valence-electron chi connectivity index (χ4n) is 3.21. The Morgan fingerprint density at radius 1 is 0.667 bits per heavy atom. The quantitative estimate of drug-likeness (QED) is 0.324. The van der Waals surface area contributed by atoms with Gasteiger partial charge in [0.25, 0.3) is 0 Å². The maximum atomic E-state index is 13.0. The number of rotatable bonds is 4. The van der Waals surface area contributed by atoms with Gasteiger partial charge in [-0.15, -0.1) is 0 Å². The first-order chi connectivity index (χ1) is 13.0. The second-order valence-corrected chi connectivity index (χ2v) is 6.78. The maximum absolute atomic E-state index is 13.0. The number of para-hydroxylation sites is 1. The molecule has 0 unspecified atom stereocenters. The molecule has 3 rings (SSSR count). The van der Waals surface area contributed by atoms with Crippen molar-refractivity contribution in [3.05, 3.63) is 106 Å². The summed E-state index contributed by atoms with van der Waals surface area (Å²) in [6, 6.07) is 23.8. The van der Waals surface area contributed by atoms with Gasteiger partial charge in [0.05, 0.1) is 0 Å². The molecule has 3 aromatic carbocycles. The topological polar surface area (TPSA) is 26.3 Å². The Kier molecular flexibility index (Phi) is 5.56. The molecule has 2 nitrogen and oxygen atoms in total. The number of carbonyl (C=O) groups excluding carboxylic acids is 1. The van der Waals surface area contributed by atoms with Gasteiger partial charge in [0, 0.05) is 5.57 Å². The molecule has 0 saturated heterocycles. The molecule has 0 spiro atoms. The van der Waals surface area contributed by atoms with Crippen LogP contribution in [0.1, 0.15) is 34.7 Å². The first-order valence-corrected chi connectivity index (χ1v) is 9.09. The molecule has 2 heteroatoms. The lowest BCUT2D eigenvalue weighted by Crippen LogP contribution is -2.13. The predicted molar refractivity (Wildman–Crippen MR) is 111 cm³/mol. The molecule has 0 aromatic heterocycles. The number of carbonyl (C=O) groups is 1. The smallest absolute Gasteiger partial charge is 0.339 e. The van der Waals surface area contributed by atoms with E-state index >= 15 is 0 Å². The second kappa shape index (κ2) is 8.05. The normalized spacial score (nSPS) is 10.4. The third kappa shape index (κ3) is 4.01. The molecule has 0 fully saturated rings. The van der Waals surface area contributed by atoms with Crippen molar-refractivity contribution >= 4 is 11.5 Å². The summed E-state index contributed by atoms with van der Waals surface area (Å²) in [6.45, 7) is 7.90. The lowest BCUT2D eigenvalue weighted by atomic mass is 9.88. The van der Waals surface area contributed by atoms with Crippen molar-refractivity contribution in [2.24, 2.45) is 0 Å². The van der Waals surface area contributed by atoms with E-state index in [1.54, 1.807) is 0 Å². The minimum atomic E-state index is -0.328. The van der Waals surface area contributed by atoms with Crippen molar-refractivity contribution in [1.82, 2.24) is 0 Å². The molecule has 0 atom stereocenters. The molecule has 0 aliphatic carbocycles. The van der Waals surface area contributed by atoms with E-state index in [0.29, 0.717) is 11.3 Å². The zero-order valence-electron chi connectivity index (χ0n) is 16.2. The second-order valence-electron chi connectivity index (χ2n) is 6.78. The molecule has 3 aromatic rings. The van der Waals surface area contributed by atoms with Crippen LogP contribution in [0.3, 0.4) is 0 Å². The summed E-state index contributed by atoms with van der Waals surface area (Å²) >= 11 is 0. The summed E-state index contributed by atoms with van der Waals surface area (Å²) in [4.78, 5) is 13.0. The fraction of sp³-hybridized carbons (Fsp3) is 0.160. The average Bonchev–Trinajstić information content (AvgIpc) is 2.66. The molecule has 0 heterocycles. The van der Waals surface area contributed by atoms with Crippen LogP contribution < -0.4 is 4.74 Å². The van der Waals surface area contributed by atoms with Gasteiger partial charge in [-0.25, -0.2) is 4.79 Å². The summed E-state index contributed by atoms with van der Waals surface area (Å²) < 4.78 is 5.71. The van der Waals surface area contributed by atoms with E-state index < -0.39 is 0 Å². The van der Waals surface area contributed by atoms with Gasteiger partial charge in [-0.2, -0.15) is 0 Å². The third-order valence-corrected chi connectivity index (χ3v) is 4.81. The molecule has 27 heavy (non-hydrogen) atoms. The van der Waals surface area contributed by atoms with Crippen LogP contribution in [0.5, 0.6) is 5.75 Å². The van der Waals surface area contributed by atoms with E-state index in [0.717, 1.165) is 33.4 Å². The van der Waals surface area contributed by atoms with Crippen molar-refractivity contribution in [1.29, 1.82) is 0 Å². The summed E-state index contributed by atoms with van der Waals surface area (Å²) in [7, 11) is 0. The van der Waals surface area contributed by atoms with Gasteiger partial charge in [-0.3, -0.25) is 0 Å². The van der Waals surface area contributed by atoms with Crippen LogP contribution in [0.4, 0.5) is 0 Å². The van der Waals surface area contributed by atoms with Crippen molar-refractivity contribution < 1.29 is 9.53 Å². The molecule has 136 valence electrons. The molecular formula is C25H24O2. The first-order valence-electron chi connectivity index (χ1n) is 9.09. The zero-order valence-corrected chi connectivity index (χ0v) is 16.2. The van der Waals surface area contributed by atoms with E-state index in [-0.39, 0.29) is 5.97 Å². The molecule has 0 aliphatic rings. The Morgan fingerprint density at radius 3 is 1.59 bits per heavy atom. The predicted octanol–water partition coefficient (Wildman–Crippen LogP) is 6.04. The number of esters is 1. The molecule has 0 amide bonds. The van der Waals surface area contributed by atoms with Gasteiger partial charge in [0.1, 0.15) is 5.75 Å². The summed E-state index contributed by atoms with van der Waals surface area (Å²) in [6.07, 6.45) is 0. The molecule has 0 aliphatic heterocycles. The van der Waals surface area contributed by atoms with Crippen LogP contribution >= 0.6 is 0 Å². The molecule has 0 saturated carbocycles.